The first-order chi connectivity index (χ1) is 14.2. The second-order valence-corrected chi connectivity index (χ2v) is 7.35. The number of para-hydroxylation sites is 2. The molecule has 3 N–H and O–H groups in total. The second kappa shape index (κ2) is 6.95. The van der Waals surface area contributed by atoms with Gasteiger partial charge in [0.25, 0.3) is 0 Å². The van der Waals surface area contributed by atoms with Gasteiger partial charge in [0.05, 0.1) is 0 Å². The number of hydrogen-bond acceptors (Lipinski definition) is 2. The van der Waals surface area contributed by atoms with Crippen LogP contribution in [-0.4, -0.2) is 0 Å². The van der Waals surface area contributed by atoms with Crippen LogP contribution < -0.4 is 15.6 Å². The number of aromatic nitrogens is 1. The van der Waals surface area contributed by atoms with Gasteiger partial charge in [0.1, 0.15) is 0 Å². The maximum atomic E-state index is 6.28. The van der Waals surface area contributed by atoms with Crippen LogP contribution in [0.5, 0.6) is 0 Å². The molecule has 5 rings (SSSR count). The molecule has 0 bridgehead atoms. The third kappa shape index (κ3) is 3.17. The Labute approximate surface area is 170 Å². The van der Waals surface area contributed by atoms with Gasteiger partial charge in [-0.1, -0.05) is 36.4 Å². The molecule has 0 saturated heterocycles. The molecule has 0 atom stereocenters. The van der Waals surface area contributed by atoms with E-state index in [1.54, 1.807) is 0 Å². The largest absolute Gasteiger partial charge is 0.398 e. The Morgan fingerprint density at radius 3 is 2.10 bits per heavy atom. The average molecular weight is 376 g/mol. The van der Waals surface area contributed by atoms with Gasteiger partial charge in [0, 0.05) is 52.1 Å². The number of nitrogens with zero attached hydrogens (tertiary/aromatic N) is 1. The van der Waals surface area contributed by atoms with E-state index in [4.69, 9.17) is 5.73 Å². The summed E-state index contributed by atoms with van der Waals surface area (Å²) in [5, 5.41) is 5.87. The number of nitrogens with two attached hydrogens (primary N) is 1. The van der Waals surface area contributed by atoms with Gasteiger partial charge in [-0.05, 0) is 48.9 Å². The minimum absolute atomic E-state index is 0.806. The minimum Gasteiger partial charge on any atom is -0.398 e. The van der Waals surface area contributed by atoms with Gasteiger partial charge < -0.3 is 11.1 Å². The molecule has 5 aromatic rings. The molecule has 0 saturated carbocycles. The van der Waals surface area contributed by atoms with Crippen molar-refractivity contribution in [2.75, 3.05) is 11.1 Å². The fourth-order valence-electron chi connectivity index (χ4n) is 3.82. The highest BCUT2D eigenvalue weighted by Gasteiger charge is 2.19. The first-order valence-electron chi connectivity index (χ1n) is 9.75. The van der Waals surface area contributed by atoms with E-state index in [0.717, 1.165) is 39.3 Å². The van der Waals surface area contributed by atoms with E-state index in [1.165, 1.54) is 10.8 Å². The van der Waals surface area contributed by atoms with Gasteiger partial charge in [-0.25, -0.2) is 0 Å². The monoisotopic (exact) mass is 376 g/mol. The van der Waals surface area contributed by atoms with Crippen molar-refractivity contribution in [1.82, 2.24) is 0 Å². The number of fused-ring (bicyclic) bond motifs is 2. The van der Waals surface area contributed by atoms with E-state index in [-0.39, 0.29) is 0 Å². The van der Waals surface area contributed by atoms with Crippen LogP contribution in [0.25, 0.3) is 27.5 Å². The van der Waals surface area contributed by atoms with Gasteiger partial charge in [-0.3, -0.25) is 0 Å². The predicted octanol–water partition coefficient (Wildman–Crippen LogP) is 5.90. The average Bonchev–Trinajstić information content (AvgIpc) is 2.75. The first kappa shape index (κ1) is 17.3. The summed E-state index contributed by atoms with van der Waals surface area (Å²) in [5.74, 6) is 0. The summed E-state index contributed by atoms with van der Waals surface area (Å²) in [5.41, 5.74) is 13.6. The molecule has 0 aliphatic rings. The second-order valence-electron chi connectivity index (χ2n) is 7.35. The van der Waals surface area contributed by atoms with Gasteiger partial charge in [-0.2, -0.15) is 4.57 Å². The van der Waals surface area contributed by atoms with Crippen LogP contribution in [0.4, 0.5) is 17.1 Å². The van der Waals surface area contributed by atoms with Gasteiger partial charge >= 0.3 is 0 Å². The van der Waals surface area contributed by atoms with E-state index in [0.29, 0.717) is 0 Å². The highest BCUT2D eigenvalue weighted by Crippen LogP contribution is 2.27. The van der Waals surface area contributed by atoms with Crippen molar-refractivity contribution < 1.29 is 4.57 Å². The molecule has 3 nitrogen and oxygen atoms in total. The Kier molecular flexibility index (Phi) is 4.14. The highest BCUT2D eigenvalue weighted by atomic mass is 15.0. The fourth-order valence-corrected chi connectivity index (χ4v) is 3.82. The number of hydrogen-bond donors (Lipinski definition) is 2. The third-order valence-electron chi connectivity index (χ3n) is 5.32. The predicted molar refractivity (Wildman–Crippen MR) is 122 cm³/mol. The summed E-state index contributed by atoms with van der Waals surface area (Å²) in [6, 6.07) is 33.6. The topological polar surface area (TPSA) is 41.9 Å². The van der Waals surface area contributed by atoms with Crippen LogP contribution >= 0.6 is 0 Å². The molecule has 0 radical (unpaired) electrons. The number of aryl methyl sites for hydroxylation is 1. The third-order valence-corrected chi connectivity index (χ3v) is 5.32. The van der Waals surface area contributed by atoms with Gasteiger partial charge in [0.15, 0.2) is 0 Å². The number of nitrogens with one attached hydrogen (secondary N) is 1. The van der Waals surface area contributed by atoms with Crippen molar-refractivity contribution in [2.45, 2.75) is 6.92 Å². The number of anilines is 3. The number of pyridine rings is 1. The molecule has 0 fully saturated rings. The number of rotatable bonds is 3. The van der Waals surface area contributed by atoms with Crippen LogP contribution in [0.1, 0.15) is 5.56 Å². The zero-order valence-electron chi connectivity index (χ0n) is 16.3. The van der Waals surface area contributed by atoms with Crippen LogP contribution in [0.3, 0.4) is 0 Å². The summed E-state index contributed by atoms with van der Waals surface area (Å²) in [7, 11) is 0. The van der Waals surface area contributed by atoms with E-state index in [1.807, 2.05) is 24.3 Å². The summed E-state index contributed by atoms with van der Waals surface area (Å²) >= 11 is 0. The van der Waals surface area contributed by atoms with Gasteiger partial charge in [0.2, 0.25) is 16.7 Å². The fraction of sp³-hybridized carbons (Fsp3) is 0.0385. The molecule has 0 aliphatic carbocycles. The van der Waals surface area contributed by atoms with Crippen LogP contribution in [0.15, 0.2) is 97.1 Å². The van der Waals surface area contributed by atoms with Crippen molar-refractivity contribution in [3.8, 4) is 5.69 Å². The lowest BCUT2D eigenvalue weighted by Gasteiger charge is -2.10. The van der Waals surface area contributed by atoms with Gasteiger partial charge in [-0.15, -0.1) is 0 Å². The normalized spacial score (nSPS) is 11.1. The Morgan fingerprint density at radius 2 is 1.34 bits per heavy atom. The zero-order valence-corrected chi connectivity index (χ0v) is 16.3. The Hall–Kier alpha value is -3.85. The molecule has 0 unspecified atom stereocenters. The Morgan fingerprint density at radius 1 is 0.655 bits per heavy atom. The Balaban J connectivity index is 1.80. The van der Waals surface area contributed by atoms with E-state index in [2.05, 4.69) is 89.6 Å². The standard InChI is InChI=1S/C26H21N3/c1-18-14-20-15-19-12-13-22(28-21-8-4-2-5-9-21)16-25(19)29(26(20)17-24(18)27)23-10-6-3-7-11-23/h2-17H,1H3,(H2,27,28)/p+1. The summed E-state index contributed by atoms with van der Waals surface area (Å²) < 4.78 is 2.29. The van der Waals surface area contributed by atoms with Crippen molar-refractivity contribution in [3.63, 3.8) is 0 Å². The van der Waals surface area contributed by atoms with Crippen molar-refractivity contribution in [2.24, 2.45) is 0 Å². The molecular formula is C26H22N3+. The van der Waals surface area contributed by atoms with E-state index < -0.39 is 0 Å². The zero-order chi connectivity index (χ0) is 19.8. The molecule has 0 amide bonds. The molecular weight excluding hydrogens is 354 g/mol. The number of benzene rings is 4. The highest BCUT2D eigenvalue weighted by molar-refractivity contribution is 5.92. The SMILES string of the molecule is Cc1cc2cc3ccc(Nc4ccccc4)cc3[n+](-c3ccccc3)c2cc1N. The lowest BCUT2D eigenvalue weighted by Crippen LogP contribution is -2.32. The molecule has 1 aromatic heterocycles. The smallest absolute Gasteiger partial charge is 0.221 e. The van der Waals surface area contributed by atoms with E-state index in [9.17, 15) is 0 Å². The summed E-state index contributed by atoms with van der Waals surface area (Å²) in [6.45, 7) is 2.05. The maximum Gasteiger partial charge on any atom is 0.221 e. The molecule has 0 aliphatic heterocycles. The summed E-state index contributed by atoms with van der Waals surface area (Å²) in [4.78, 5) is 0. The van der Waals surface area contributed by atoms with Crippen molar-refractivity contribution in [1.29, 1.82) is 0 Å². The van der Waals surface area contributed by atoms with Crippen LogP contribution in [0, 0.1) is 6.92 Å². The molecule has 29 heavy (non-hydrogen) atoms. The van der Waals surface area contributed by atoms with Crippen molar-refractivity contribution >= 4 is 38.9 Å². The lowest BCUT2D eigenvalue weighted by atomic mass is 10.1. The maximum absolute atomic E-state index is 6.28. The Bertz CT molecular complexity index is 1330. The minimum atomic E-state index is 0.806. The van der Waals surface area contributed by atoms with Crippen LogP contribution in [0.2, 0.25) is 0 Å². The summed E-state index contributed by atoms with van der Waals surface area (Å²) in [6.07, 6.45) is 0. The molecule has 1 heterocycles. The first-order valence-corrected chi connectivity index (χ1v) is 9.75. The van der Waals surface area contributed by atoms with Crippen LogP contribution in [-0.2, 0) is 0 Å². The molecule has 3 heteroatoms. The van der Waals surface area contributed by atoms with Crippen molar-refractivity contribution in [3.05, 3.63) is 103 Å². The molecule has 0 spiro atoms. The quantitative estimate of drug-likeness (QED) is 0.234. The number of nitrogen functional groups attached to an aromatic ring is 1. The molecule has 4 aromatic carbocycles. The van der Waals surface area contributed by atoms with E-state index >= 15 is 0 Å². The lowest BCUT2D eigenvalue weighted by molar-refractivity contribution is -0.537. The molecule has 140 valence electrons.